The van der Waals surface area contributed by atoms with Crippen LogP contribution >= 0.6 is 11.6 Å². The van der Waals surface area contributed by atoms with Gasteiger partial charge in [-0.15, -0.1) is 6.58 Å². The van der Waals surface area contributed by atoms with Crippen LogP contribution < -0.4 is 5.32 Å². The molecule has 1 saturated heterocycles. The molecule has 20 heavy (non-hydrogen) atoms. The Morgan fingerprint density at radius 2 is 2.20 bits per heavy atom. The van der Waals surface area contributed by atoms with Crippen LogP contribution in [0.15, 0.2) is 36.9 Å². The van der Waals surface area contributed by atoms with E-state index in [1.165, 1.54) is 12.0 Å². The van der Waals surface area contributed by atoms with Gasteiger partial charge in [0.15, 0.2) is 0 Å². The smallest absolute Gasteiger partial charge is 0.234 e. The van der Waals surface area contributed by atoms with Crippen molar-refractivity contribution >= 4 is 17.5 Å². The van der Waals surface area contributed by atoms with E-state index in [9.17, 15) is 4.79 Å². The summed E-state index contributed by atoms with van der Waals surface area (Å²) in [4.78, 5) is 14.0. The van der Waals surface area contributed by atoms with Gasteiger partial charge in [0.05, 0.1) is 6.54 Å². The lowest BCUT2D eigenvalue weighted by molar-refractivity contribution is -0.122. The predicted molar refractivity (Wildman–Crippen MR) is 83.1 cm³/mol. The summed E-state index contributed by atoms with van der Waals surface area (Å²) >= 11 is 5.93. The van der Waals surface area contributed by atoms with Crippen molar-refractivity contribution in [1.82, 2.24) is 10.2 Å². The van der Waals surface area contributed by atoms with Crippen LogP contribution in [0, 0.1) is 0 Å². The number of rotatable bonds is 5. The van der Waals surface area contributed by atoms with Crippen LogP contribution in [0.1, 0.15) is 24.3 Å². The van der Waals surface area contributed by atoms with Crippen molar-refractivity contribution in [3.8, 4) is 0 Å². The average Bonchev–Trinajstić information content (AvgIpc) is 2.46. The molecule has 1 aliphatic rings. The molecular formula is C16H21ClN2O. The van der Waals surface area contributed by atoms with Gasteiger partial charge < -0.3 is 5.32 Å². The van der Waals surface area contributed by atoms with Gasteiger partial charge in [-0.25, -0.2) is 0 Å². The number of hydrogen-bond acceptors (Lipinski definition) is 2. The highest BCUT2D eigenvalue weighted by Gasteiger charge is 2.22. The van der Waals surface area contributed by atoms with Crippen molar-refractivity contribution in [2.24, 2.45) is 0 Å². The first-order chi connectivity index (χ1) is 9.69. The Bertz CT molecular complexity index is 458. The molecule has 0 radical (unpaired) electrons. The number of carbonyl (C=O) groups is 1. The summed E-state index contributed by atoms with van der Waals surface area (Å²) in [5, 5.41) is 3.59. The molecule has 1 unspecified atom stereocenters. The molecule has 0 saturated carbocycles. The Morgan fingerprint density at radius 1 is 1.45 bits per heavy atom. The van der Waals surface area contributed by atoms with E-state index in [1.807, 2.05) is 12.1 Å². The lowest BCUT2D eigenvalue weighted by atomic mass is 9.91. The van der Waals surface area contributed by atoms with E-state index in [-0.39, 0.29) is 5.91 Å². The molecular weight excluding hydrogens is 272 g/mol. The summed E-state index contributed by atoms with van der Waals surface area (Å²) < 4.78 is 0. The zero-order valence-electron chi connectivity index (χ0n) is 11.6. The van der Waals surface area contributed by atoms with Crippen LogP contribution in [0.25, 0.3) is 0 Å². The molecule has 4 heteroatoms. The molecule has 1 N–H and O–H groups in total. The van der Waals surface area contributed by atoms with Gasteiger partial charge in [-0.05, 0) is 43.0 Å². The van der Waals surface area contributed by atoms with E-state index in [4.69, 9.17) is 11.6 Å². The number of carbonyl (C=O) groups excluding carboxylic acids is 1. The van der Waals surface area contributed by atoms with Crippen LogP contribution in [0.2, 0.25) is 5.02 Å². The number of nitrogens with one attached hydrogen (secondary N) is 1. The number of piperidine rings is 1. The van der Waals surface area contributed by atoms with E-state index < -0.39 is 0 Å². The van der Waals surface area contributed by atoms with Crippen molar-refractivity contribution in [3.05, 3.63) is 47.5 Å². The van der Waals surface area contributed by atoms with Gasteiger partial charge in [0.2, 0.25) is 5.91 Å². The number of nitrogens with zero attached hydrogens (tertiary/aromatic N) is 1. The summed E-state index contributed by atoms with van der Waals surface area (Å²) in [5.74, 6) is 0.565. The molecule has 0 bridgehead atoms. The number of likely N-dealkylation sites (tertiary alicyclic amines) is 1. The van der Waals surface area contributed by atoms with Crippen LogP contribution in [0.5, 0.6) is 0 Å². The van der Waals surface area contributed by atoms with E-state index in [1.54, 1.807) is 6.08 Å². The third-order valence-electron chi connectivity index (χ3n) is 3.66. The third-order valence-corrected chi connectivity index (χ3v) is 3.91. The maximum atomic E-state index is 11.7. The topological polar surface area (TPSA) is 32.3 Å². The second kappa shape index (κ2) is 7.46. The normalized spacial score (nSPS) is 19.6. The van der Waals surface area contributed by atoms with Crippen molar-refractivity contribution in [1.29, 1.82) is 0 Å². The van der Waals surface area contributed by atoms with Gasteiger partial charge in [-0.2, -0.15) is 0 Å². The Balaban J connectivity index is 1.89. The zero-order chi connectivity index (χ0) is 14.4. The molecule has 1 aromatic carbocycles. The molecule has 3 nitrogen and oxygen atoms in total. The summed E-state index contributed by atoms with van der Waals surface area (Å²) in [6.45, 7) is 6.53. The highest BCUT2D eigenvalue weighted by Crippen LogP contribution is 2.27. The largest absolute Gasteiger partial charge is 0.352 e. The standard InChI is InChI=1S/C16H21ClN2O/c1-2-9-18-16(20)12-19-10-3-4-14(11-19)13-5-7-15(17)8-6-13/h2,5-8,14H,1,3-4,9-12H2,(H,18,20). The van der Waals surface area contributed by atoms with Crippen molar-refractivity contribution in [2.45, 2.75) is 18.8 Å². The molecule has 0 aromatic heterocycles. The van der Waals surface area contributed by atoms with E-state index in [0.29, 0.717) is 19.0 Å². The predicted octanol–water partition coefficient (Wildman–Crippen LogP) is 2.82. The Morgan fingerprint density at radius 3 is 2.90 bits per heavy atom. The quantitative estimate of drug-likeness (QED) is 0.847. The third kappa shape index (κ3) is 4.36. The highest BCUT2D eigenvalue weighted by molar-refractivity contribution is 6.30. The van der Waals surface area contributed by atoms with Crippen molar-refractivity contribution in [3.63, 3.8) is 0 Å². The van der Waals surface area contributed by atoms with Gasteiger partial charge >= 0.3 is 0 Å². The van der Waals surface area contributed by atoms with E-state index in [0.717, 1.165) is 24.5 Å². The Hall–Kier alpha value is -1.32. The van der Waals surface area contributed by atoms with Gasteiger partial charge in [-0.3, -0.25) is 9.69 Å². The fourth-order valence-corrected chi connectivity index (χ4v) is 2.78. The minimum absolute atomic E-state index is 0.0710. The summed E-state index contributed by atoms with van der Waals surface area (Å²) in [6, 6.07) is 8.06. The minimum atomic E-state index is 0.0710. The molecule has 0 spiro atoms. The first kappa shape index (κ1) is 15.1. The molecule has 2 rings (SSSR count). The molecule has 108 valence electrons. The van der Waals surface area contributed by atoms with Gasteiger partial charge in [0, 0.05) is 18.1 Å². The Kier molecular flexibility index (Phi) is 5.62. The molecule has 1 fully saturated rings. The summed E-state index contributed by atoms with van der Waals surface area (Å²) in [7, 11) is 0. The summed E-state index contributed by atoms with van der Waals surface area (Å²) in [5.41, 5.74) is 1.31. The second-order valence-corrected chi connectivity index (χ2v) is 5.66. The first-order valence-electron chi connectivity index (χ1n) is 7.04. The van der Waals surface area contributed by atoms with Gasteiger partial charge in [0.1, 0.15) is 0 Å². The molecule has 1 heterocycles. The molecule has 0 aliphatic carbocycles. The minimum Gasteiger partial charge on any atom is -0.352 e. The van der Waals surface area contributed by atoms with E-state index in [2.05, 4.69) is 28.9 Å². The van der Waals surface area contributed by atoms with Crippen LogP contribution in [0.3, 0.4) is 0 Å². The molecule has 1 aliphatic heterocycles. The van der Waals surface area contributed by atoms with Crippen LogP contribution in [0.4, 0.5) is 0 Å². The highest BCUT2D eigenvalue weighted by atomic mass is 35.5. The monoisotopic (exact) mass is 292 g/mol. The van der Waals surface area contributed by atoms with Crippen LogP contribution in [-0.4, -0.2) is 37.0 Å². The Labute approximate surface area is 125 Å². The molecule has 1 amide bonds. The van der Waals surface area contributed by atoms with Crippen molar-refractivity contribution in [2.75, 3.05) is 26.2 Å². The lowest BCUT2D eigenvalue weighted by Gasteiger charge is -2.32. The fraction of sp³-hybridized carbons (Fsp3) is 0.438. The number of hydrogen-bond donors (Lipinski definition) is 1. The average molecular weight is 293 g/mol. The zero-order valence-corrected chi connectivity index (χ0v) is 12.4. The van der Waals surface area contributed by atoms with Gasteiger partial charge in [0.25, 0.3) is 0 Å². The van der Waals surface area contributed by atoms with Crippen LogP contribution in [-0.2, 0) is 4.79 Å². The first-order valence-corrected chi connectivity index (χ1v) is 7.42. The van der Waals surface area contributed by atoms with Gasteiger partial charge in [-0.1, -0.05) is 29.8 Å². The fourth-order valence-electron chi connectivity index (χ4n) is 2.65. The number of benzene rings is 1. The van der Waals surface area contributed by atoms with E-state index >= 15 is 0 Å². The maximum Gasteiger partial charge on any atom is 0.234 e. The summed E-state index contributed by atoms with van der Waals surface area (Å²) in [6.07, 6.45) is 4.00. The number of halogens is 1. The molecule has 1 atom stereocenters. The van der Waals surface area contributed by atoms with Crippen molar-refractivity contribution < 1.29 is 4.79 Å². The number of amides is 1. The lowest BCUT2D eigenvalue weighted by Crippen LogP contribution is -2.42. The second-order valence-electron chi connectivity index (χ2n) is 5.22. The SMILES string of the molecule is C=CCNC(=O)CN1CCCC(c2ccc(Cl)cc2)C1. The molecule has 1 aromatic rings. The maximum absolute atomic E-state index is 11.7.